The Bertz CT molecular complexity index is 670. The molecule has 0 atom stereocenters. The topological polar surface area (TPSA) is 50.2 Å². The Balaban J connectivity index is 1.80. The normalized spacial score (nSPS) is 16.2. The van der Waals surface area contributed by atoms with Crippen molar-refractivity contribution in [2.75, 3.05) is 5.75 Å². The summed E-state index contributed by atoms with van der Waals surface area (Å²) in [7, 11) is 0. The average Bonchev–Trinajstić information content (AvgIpc) is 3.15. The van der Waals surface area contributed by atoms with Gasteiger partial charge in [0.25, 0.3) is 0 Å². The molecule has 20 heavy (non-hydrogen) atoms. The Labute approximate surface area is 126 Å². The van der Waals surface area contributed by atoms with Gasteiger partial charge >= 0.3 is 5.97 Å². The molecule has 1 aromatic carbocycles. The molecule has 0 spiro atoms. The van der Waals surface area contributed by atoms with E-state index in [1.54, 1.807) is 18.0 Å². The highest BCUT2D eigenvalue weighted by Crippen LogP contribution is 2.52. The van der Waals surface area contributed by atoms with Crippen LogP contribution in [0, 0.1) is 5.41 Å². The van der Waals surface area contributed by atoms with Crippen LogP contribution in [0.15, 0.2) is 35.4 Å². The summed E-state index contributed by atoms with van der Waals surface area (Å²) in [4.78, 5) is 16.3. The molecular weight excluding hydrogens is 294 g/mol. The predicted molar refractivity (Wildman–Crippen MR) is 81.4 cm³/mol. The van der Waals surface area contributed by atoms with Crippen LogP contribution in [-0.4, -0.2) is 21.8 Å². The minimum Gasteiger partial charge on any atom is -0.481 e. The van der Waals surface area contributed by atoms with Gasteiger partial charge in [-0.2, -0.15) is 0 Å². The number of benzene rings is 1. The van der Waals surface area contributed by atoms with Crippen LogP contribution < -0.4 is 0 Å². The molecule has 1 heterocycles. The van der Waals surface area contributed by atoms with E-state index in [4.69, 9.17) is 16.7 Å². The zero-order valence-corrected chi connectivity index (χ0v) is 12.4. The first-order valence-electron chi connectivity index (χ1n) is 6.47. The van der Waals surface area contributed by atoms with E-state index in [-0.39, 0.29) is 11.8 Å². The van der Waals surface area contributed by atoms with Crippen LogP contribution in [0.4, 0.5) is 0 Å². The standard InChI is InChI=1S/C15H14ClNO2S/c16-10-1-2-11-12(7-10)17-6-3-13(11)20-9-15(4-5-15)8-14(18)19/h1-3,6-7H,4-5,8-9H2,(H,18,19). The number of nitrogens with zero attached hydrogens (tertiary/aromatic N) is 1. The van der Waals surface area contributed by atoms with Crippen LogP contribution in [-0.2, 0) is 4.79 Å². The number of halogens is 1. The van der Waals surface area contributed by atoms with Gasteiger partial charge in [-0.25, -0.2) is 0 Å². The quantitative estimate of drug-likeness (QED) is 0.840. The molecule has 1 aromatic heterocycles. The van der Waals surface area contributed by atoms with Gasteiger partial charge in [0, 0.05) is 27.3 Å². The van der Waals surface area contributed by atoms with Crippen LogP contribution in [0.2, 0.25) is 5.02 Å². The van der Waals surface area contributed by atoms with E-state index in [1.165, 1.54) is 0 Å². The first-order valence-corrected chi connectivity index (χ1v) is 7.83. The third kappa shape index (κ3) is 2.91. The molecule has 0 saturated heterocycles. The van der Waals surface area contributed by atoms with Gasteiger partial charge in [0.2, 0.25) is 0 Å². The van der Waals surface area contributed by atoms with Crippen molar-refractivity contribution in [3.05, 3.63) is 35.5 Å². The van der Waals surface area contributed by atoms with Crippen molar-refractivity contribution in [1.82, 2.24) is 4.98 Å². The molecule has 1 fully saturated rings. The summed E-state index contributed by atoms with van der Waals surface area (Å²) >= 11 is 7.70. The summed E-state index contributed by atoms with van der Waals surface area (Å²) in [5, 5.41) is 10.7. The van der Waals surface area contributed by atoms with Crippen molar-refractivity contribution in [1.29, 1.82) is 0 Å². The molecule has 1 aliphatic rings. The van der Waals surface area contributed by atoms with Crippen molar-refractivity contribution in [3.63, 3.8) is 0 Å². The second kappa shape index (κ2) is 5.26. The number of pyridine rings is 1. The van der Waals surface area contributed by atoms with Crippen LogP contribution in [0.1, 0.15) is 19.3 Å². The van der Waals surface area contributed by atoms with Gasteiger partial charge in [-0.05, 0) is 36.5 Å². The summed E-state index contributed by atoms with van der Waals surface area (Å²) in [6.45, 7) is 0. The van der Waals surface area contributed by atoms with Gasteiger partial charge in [0.1, 0.15) is 0 Å². The maximum absolute atomic E-state index is 10.9. The fourth-order valence-electron chi connectivity index (χ4n) is 2.32. The average molecular weight is 308 g/mol. The van der Waals surface area contributed by atoms with Crippen molar-refractivity contribution < 1.29 is 9.90 Å². The van der Waals surface area contributed by atoms with Gasteiger partial charge in [0.15, 0.2) is 0 Å². The minimum atomic E-state index is -0.700. The second-order valence-corrected chi connectivity index (χ2v) is 6.78. The molecule has 1 saturated carbocycles. The molecule has 0 unspecified atom stereocenters. The van der Waals surface area contributed by atoms with Gasteiger partial charge < -0.3 is 5.11 Å². The number of carboxylic acids is 1. The zero-order chi connectivity index (χ0) is 14.2. The first-order chi connectivity index (χ1) is 9.58. The lowest BCUT2D eigenvalue weighted by Crippen LogP contribution is -2.10. The number of rotatable bonds is 5. The van der Waals surface area contributed by atoms with E-state index in [0.29, 0.717) is 5.02 Å². The monoisotopic (exact) mass is 307 g/mol. The van der Waals surface area contributed by atoms with Gasteiger partial charge in [-0.15, -0.1) is 11.8 Å². The molecule has 0 aliphatic heterocycles. The van der Waals surface area contributed by atoms with Gasteiger partial charge in [-0.1, -0.05) is 17.7 Å². The molecule has 0 amide bonds. The Morgan fingerprint density at radius 3 is 2.90 bits per heavy atom. The molecular formula is C15H14ClNO2S. The van der Waals surface area contributed by atoms with Crippen LogP contribution >= 0.6 is 23.4 Å². The molecule has 0 radical (unpaired) electrons. The highest BCUT2D eigenvalue weighted by atomic mass is 35.5. The lowest BCUT2D eigenvalue weighted by atomic mass is 10.1. The summed E-state index contributed by atoms with van der Waals surface area (Å²) in [6.07, 6.45) is 4.08. The number of carbonyl (C=O) groups is 1. The van der Waals surface area contributed by atoms with Crippen LogP contribution in [0.25, 0.3) is 10.9 Å². The van der Waals surface area contributed by atoms with Crippen LogP contribution in [0.5, 0.6) is 0 Å². The van der Waals surface area contributed by atoms with Crippen molar-refractivity contribution in [3.8, 4) is 0 Å². The zero-order valence-electron chi connectivity index (χ0n) is 10.8. The van der Waals surface area contributed by atoms with Gasteiger partial charge in [0.05, 0.1) is 11.9 Å². The Kier molecular flexibility index (Phi) is 3.61. The fraction of sp³-hybridized carbons (Fsp3) is 0.333. The van der Waals surface area contributed by atoms with E-state index in [1.807, 2.05) is 24.3 Å². The lowest BCUT2D eigenvalue weighted by molar-refractivity contribution is -0.138. The van der Waals surface area contributed by atoms with E-state index in [9.17, 15) is 4.79 Å². The Morgan fingerprint density at radius 2 is 2.20 bits per heavy atom. The third-order valence-electron chi connectivity index (χ3n) is 3.68. The summed E-state index contributed by atoms with van der Waals surface area (Å²) in [5.74, 6) is 0.149. The largest absolute Gasteiger partial charge is 0.481 e. The Hall–Kier alpha value is -1.26. The van der Waals surface area contributed by atoms with E-state index >= 15 is 0 Å². The molecule has 5 heteroatoms. The molecule has 2 aromatic rings. The fourth-order valence-corrected chi connectivity index (χ4v) is 3.83. The number of fused-ring (bicyclic) bond motifs is 1. The maximum Gasteiger partial charge on any atom is 0.303 e. The number of hydrogen-bond donors (Lipinski definition) is 1. The summed E-state index contributed by atoms with van der Waals surface area (Å²) in [5.41, 5.74) is 0.879. The lowest BCUT2D eigenvalue weighted by Gasteiger charge is -2.12. The van der Waals surface area contributed by atoms with E-state index < -0.39 is 5.97 Å². The van der Waals surface area contributed by atoms with Crippen LogP contribution in [0.3, 0.4) is 0 Å². The molecule has 0 bridgehead atoms. The number of carboxylic acid groups (broad SMARTS) is 1. The van der Waals surface area contributed by atoms with E-state index in [2.05, 4.69) is 4.98 Å². The second-order valence-electron chi connectivity index (χ2n) is 5.33. The third-order valence-corrected chi connectivity index (χ3v) is 5.34. The predicted octanol–water partition coefficient (Wildman–Crippen LogP) is 4.24. The first kappa shape index (κ1) is 13.7. The van der Waals surface area contributed by atoms with Crippen molar-refractivity contribution in [2.45, 2.75) is 24.2 Å². The number of aliphatic carboxylic acids is 1. The highest BCUT2D eigenvalue weighted by molar-refractivity contribution is 7.99. The molecule has 3 nitrogen and oxygen atoms in total. The summed E-state index contributed by atoms with van der Waals surface area (Å²) in [6, 6.07) is 7.67. The minimum absolute atomic E-state index is 0.00147. The SMILES string of the molecule is O=C(O)CC1(CSc2ccnc3cc(Cl)ccc23)CC1. The van der Waals surface area contributed by atoms with Crippen molar-refractivity contribution >= 4 is 40.2 Å². The summed E-state index contributed by atoms with van der Waals surface area (Å²) < 4.78 is 0. The molecule has 1 N–H and O–H groups in total. The number of aromatic nitrogens is 1. The highest BCUT2D eigenvalue weighted by Gasteiger charge is 2.44. The van der Waals surface area contributed by atoms with Crippen molar-refractivity contribution in [2.24, 2.45) is 5.41 Å². The molecule has 1 aliphatic carbocycles. The van der Waals surface area contributed by atoms with E-state index in [0.717, 1.165) is 34.4 Å². The molecule has 104 valence electrons. The van der Waals surface area contributed by atoms with Gasteiger partial charge in [-0.3, -0.25) is 9.78 Å². The number of hydrogen-bond acceptors (Lipinski definition) is 3. The maximum atomic E-state index is 10.9. The molecule has 3 rings (SSSR count). The number of thioether (sulfide) groups is 1. The Morgan fingerprint density at radius 1 is 1.40 bits per heavy atom. The smallest absolute Gasteiger partial charge is 0.303 e.